The predicted octanol–water partition coefficient (Wildman–Crippen LogP) is 2.50. The fourth-order valence-corrected chi connectivity index (χ4v) is 2.98. The maximum atomic E-state index is 9.16. The third-order valence-electron chi connectivity index (χ3n) is 3.99. The van der Waals surface area contributed by atoms with Crippen LogP contribution in [0.15, 0.2) is 18.2 Å². The lowest BCUT2D eigenvalue weighted by Gasteiger charge is -2.11. The smallest absolute Gasteiger partial charge is 0.122 e. The molecule has 1 aliphatic heterocycles. The lowest BCUT2D eigenvalue weighted by molar-refractivity contribution is 0.229. The van der Waals surface area contributed by atoms with Gasteiger partial charge in [0.2, 0.25) is 0 Å². The Morgan fingerprint density at radius 2 is 2.25 bits per heavy atom. The molecule has 2 heteroatoms. The maximum absolute atomic E-state index is 9.16. The summed E-state index contributed by atoms with van der Waals surface area (Å²) in [5.41, 5.74) is 2.75. The molecule has 1 saturated carbocycles. The van der Waals surface area contributed by atoms with Gasteiger partial charge in [0.15, 0.2) is 0 Å². The molecule has 1 N–H and O–H groups in total. The molecule has 16 heavy (non-hydrogen) atoms. The summed E-state index contributed by atoms with van der Waals surface area (Å²) in [6, 6.07) is 6.68. The SMILES string of the molecule is OCC1CCC(c2ccc3c(c2)OCC3)C1. The van der Waals surface area contributed by atoms with Crippen LogP contribution in [-0.4, -0.2) is 18.3 Å². The number of ether oxygens (including phenoxy) is 1. The first kappa shape index (κ1) is 10.2. The zero-order valence-electron chi connectivity index (χ0n) is 9.48. The topological polar surface area (TPSA) is 29.5 Å². The van der Waals surface area contributed by atoms with Crippen molar-refractivity contribution in [1.82, 2.24) is 0 Å². The van der Waals surface area contributed by atoms with Gasteiger partial charge in [0.25, 0.3) is 0 Å². The zero-order valence-corrected chi connectivity index (χ0v) is 9.48. The van der Waals surface area contributed by atoms with E-state index in [-0.39, 0.29) is 0 Å². The van der Waals surface area contributed by atoms with Gasteiger partial charge in [-0.05, 0) is 48.3 Å². The minimum absolute atomic E-state index is 0.345. The van der Waals surface area contributed by atoms with Crippen molar-refractivity contribution in [2.75, 3.05) is 13.2 Å². The fraction of sp³-hybridized carbons (Fsp3) is 0.571. The average Bonchev–Trinajstić information content (AvgIpc) is 2.96. The lowest BCUT2D eigenvalue weighted by atomic mass is 9.95. The van der Waals surface area contributed by atoms with Crippen LogP contribution in [0.3, 0.4) is 0 Å². The third kappa shape index (κ3) is 1.71. The number of rotatable bonds is 2. The number of aliphatic hydroxyl groups is 1. The Bertz CT molecular complexity index is 386. The van der Waals surface area contributed by atoms with Gasteiger partial charge in [0.05, 0.1) is 6.61 Å². The summed E-state index contributed by atoms with van der Waals surface area (Å²) in [5, 5.41) is 9.16. The Labute approximate surface area is 96.2 Å². The molecule has 2 nitrogen and oxygen atoms in total. The van der Waals surface area contributed by atoms with E-state index in [1.165, 1.54) is 24.0 Å². The molecule has 0 radical (unpaired) electrons. The van der Waals surface area contributed by atoms with Crippen LogP contribution in [0.1, 0.15) is 36.3 Å². The summed E-state index contributed by atoms with van der Waals surface area (Å²) >= 11 is 0. The van der Waals surface area contributed by atoms with Crippen molar-refractivity contribution in [3.05, 3.63) is 29.3 Å². The van der Waals surface area contributed by atoms with Crippen LogP contribution in [0.2, 0.25) is 0 Å². The molecule has 0 bridgehead atoms. The second-order valence-electron chi connectivity index (χ2n) is 5.02. The van der Waals surface area contributed by atoms with E-state index >= 15 is 0 Å². The summed E-state index contributed by atoms with van der Waals surface area (Å²) in [5.74, 6) is 2.23. The standard InChI is InChI=1S/C14H18O2/c15-9-10-1-2-12(7-10)13-4-3-11-5-6-16-14(11)8-13/h3-4,8,10,12,15H,1-2,5-7,9H2. The van der Waals surface area contributed by atoms with Crippen molar-refractivity contribution in [3.63, 3.8) is 0 Å². The van der Waals surface area contributed by atoms with E-state index in [9.17, 15) is 0 Å². The van der Waals surface area contributed by atoms with E-state index < -0.39 is 0 Å². The molecule has 0 amide bonds. The number of aliphatic hydroxyl groups excluding tert-OH is 1. The largest absolute Gasteiger partial charge is 0.493 e. The molecule has 2 aliphatic rings. The van der Waals surface area contributed by atoms with Crippen molar-refractivity contribution >= 4 is 0 Å². The summed E-state index contributed by atoms with van der Waals surface area (Å²) in [7, 11) is 0. The van der Waals surface area contributed by atoms with Crippen molar-refractivity contribution in [2.45, 2.75) is 31.6 Å². The molecular weight excluding hydrogens is 200 g/mol. The Morgan fingerprint density at radius 3 is 3.06 bits per heavy atom. The Balaban J connectivity index is 1.80. The molecular formula is C14H18O2. The monoisotopic (exact) mass is 218 g/mol. The molecule has 3 rings (SSSR count). The van der Waals surface area contributed by atoms with Crippen molar-refractivity contribution in [2.24, 2.45) is 5.92 Å². The Hall–Kier alpha value is -1.02. The van der Waals surface area contributed by atoms with E-state index in [1.807, 2.05) is 0 Å². The molecule has 1 heterocycles. The van der Waals surface area contributed by atoms with Gasteiger partial charge in [0.1, 0.15) is 5.75 Å². The van der Waals surface area contributed by atoms with Crippen LogP contribution in [0.5, 0.6) is 5.75 Å². The maximum Gasteiger partial charge on any atom is 0.122 e. The van der Waals surface area contributed by atoms with Crippen LogP contribution in [0.4, 0.5) is 0 Å². The first-order valence-electron chi connectivity index (χ1n) is 6.23. The van der Waals surface area contributed by atoms with E-state index in [2.05, 4.69) is 18.2 Å². The summed E-state index contributed by atoms with van der Waals surface area (Å²) in [6.45, 7) is 1.18. The van der Waals surface area contributed by atoms with Gasteiger partial charge in [0, 0.05) is 13.0 Å². The highest BCUT2D eigenvalue weighted by molar-refractivity contribution is 5.41. The van der Waals surface area contributed by atoms with Crippen LogP contribution in [-0.2, 0) is 6.42 Å². The van der Waals surface area contributed by atoms with E-state index in [1.54, 1.807) is 0 Å². The average molecular weight is 218 g/mol. The highest BCUT2D eigenvalue weighted by atomic mass is 16.5. The number of hydrogen-bond acceptors (Lipinski definition) is 2. The molecule has 1 aliphatic carbocycles. The van der Waals surface area contributed by atoms with Crippen LogP contribution < -0.4 is 4.74 Å². The highest BCUT2D eigenvalue weighted by Crippen LogP contribution is 2.40. The van der Waals surface area contributed by atoms with Gasteiger partial charge in [-0.1, -0.05) is 12.1 Å². The lowest BCUT2D eigenvalue weighted by Crippen LogP contribution is -2.00. The zero-order chi connectivity index (χ0) is 11.0. The van der Waals surface area contributed by atoms with E-state index in [0.29, 0.717) is 18.4 Å². The summed E-state index contributed by atoms with van der Waals surface area (Å²) in [6.07, 6.45) is 4.57. The third-order valence-corrected chi connectivity index (χ3v) is 3.99. The van der Waals surface area contributed by atoms with Crippen LogP contribution in [0, 0.1) is 5.92 Å². The minimum Gasteiger partial charge on any atom is -0.493 e. The normalized spacial score (nSPS) is 27.8. The number of fused-ring (bicyclic) bond motifs is 1. The first-order valence-corrected chi connectivity index (χ1v) is 6.23. The molecule has 2 unspecified atom stereocenters. The number of benzene rings is 1. The molecule has 86 valence electrons. The number of hydrogen-bond donors (Lipinski definition) is 1. The van der Waals surface area contributed by atoms with Gasteiger partial charge in [-0.25, -0.2) is 0 Å². The van der Waals surface area contributed by atoms with Gasteiger partial charge in [-0.2, -0.15) is 0 Å². The second-order valence-corrected chi connectivity index (χ2v) is 5.02. The summed E-state index contributed by atoms with van der Waals surface area (Å²) < 4.78 is 5.60. The molecule has 0 saturated heterocycles. The molecule has 2 atom stereocenters. The molecule has 1 aromatic carbocycles. The van der Waals surface area contributed by atoms with Gasteiger partial charge in [-0.3, -0.25) is 0 Å². The Kier molecular flexibility index (Phi) is 2.60. The van der Waals surface area contributed by atoms with Gasteiger partial charge >= 0.3 is 0 Å². The molecule has 1 aromatic rings. The van der Waals surface area contributed by atoms with E-state index in [4.69, 9.17) is 9.84 Å². The minimum atomic E-state index is 0.345. The molecule has 1 fully saturated rings. The molecule has 0 aromatic heterocycles. The van der Waals surface area contributed by atoms with Gasteiger partial charge in [-0.15, -0.1) is 0 Å². The van der Waals surface area contributed by atoms with Crippen LogP contribution >= 0.6 is 0 Å². The highest BCUT2D eigenvalue weighted by Gasteiger charge is 2.26. The second kappa shape index (κ2) is 4.10. The Morgan fingerprint density at radius 1 is 1.31 bits per heavy atom. The quantitative estimate of drug-likeness (QED) is 0.826. The van der Waals surface area contributed by atoms with E-state index in [0.717, 1.165) is 25.2 Å². The van der Waals surface area contributed by atoms with Crippen molar-refractivity contribution < 1.29 is 9.84 Å². The van der Waals surface area contributed by atoms with Crippen LogP contribution in [0.25, 0.3) is 0 Å². The fourth-order valence-electron chi connectivity index (χ4n) is 2.98. The predicted molar refractivity (Wildman–Crippen MR) is 62.8 cm³/mol. The van der Waals surface area contributed by atoms with Crippen molar-refractivity contribution in [1.29, 1.82) is 0 Å². The van der Waals surface area contributed by atoms with Crippen molar-refractivity contribution in [3.8, 4) is 5.75 Å². The molecule has 0 spiro atoms. The summed E-state index contributed by atoms with van der Waals surface area (Å²) in [4.78, 5) is 0. The first-order chi connectivity index (χ1) is 7.86. The van der Waals surface area contributed by atoms with Gasteiger partial charge < -0.3 is 9.84 Å².